The third-order valence-corrected chi connectivity index (χ3v) is 2.57. The van der Waals surface area contributed by atoms with Gasteiger partial charge in [-0.2, -0.15) is 0 Å². The second-order valence-electron chi connectivity index (χ2n) is 4.95. The summed E-state index contributed by atoms with van der Waals surface area (Å²) in [5.41, 5.74) is -0.832. The Kier molecular flexibility index (Phi) is 3.89. The van der Waals surface area contributed by atoms with Gasteiger partial charge in [-0.3, -0.25) is 0 Å². The average Bonchev–Trinajstić information content (AvgIpc) is 2.52. The van der Waals surface area contributed by atoms with Gasteiger partial charge in [0, 0.05) is 38.1 Å². The molecule has 1 unspecified atom stereocenters. The number of rotatable bonds is 5. The van der Waals surface area contributed by atoms with Gasteiger partial charge in [-0.15, -0.1) is 0 Å². The van der Waals surface area contributed by atoms with Crippen LogP contribution < -0.4 is 5.32 Å². The van der Waals surface area contributed by atoms with Crippen LogP contribution in [0.2, 0.25) is 0 Å². The maximum Gasteiger partial charge on any atom is 0.102 e. The Hall–Kier alpha value is -0.160. The van der Waals surface area contributed by atoms with Gasteiger partial charge in [0.15, 0.2) is 0 Å². The monoisotopic (exact) mass is 203 g/mol. The minimum Gasteiger partial charge on any atom is -0.396 e. The van der Waals surface area contributed by atoms with Crippen LogP contribution >= 0.6 is 0 Å². The minimum absolute atomic E-state index is 0.129. The first-order valence-electron chi connectivity index (χ1n) is 5.09. The van der Waals surface area contributed by atoms with Gasteiger partial charge < -0.3 is 20.3 Å². The zero-order valence-electron chi connectivity index (χ0n) is 9.05. The van der Waals surface area contributed by atoms with Gasteiger partial charge in [0.1, 0.15) is 5.60 Å². The van der Waals surface area contributed by atoms with Crippen LogP contribution in [0.5, 0.6) is 0 Å². The first-order valence-corrected chi connectivity index (χ1v) is 5.09. The summed E-state index contributed by atoms with van der Waals surface area (Å²) in [4.78, 5) is 0. The summed E-state index contributed by atoms with van der Waals surface area (Å²) in [6.45, 7) is 6.41. The van der Waals surface area contributed by atoms with Crippen molar-refractivity contribution in [2.75, 3.05) is 32.9 Å². The van der Waals surface area contributed by atoms with Gasteiger partial charge in [-0.25, -0.2) is 0 Å². The van der Waals surface area contributed by atoms with Crippen LogP contribution in [-0.4, -0.2) is 48.7 Å². The summed E-state index contributed by atoms with van der Waals surface area (Å²) in [6.07, 6.45) is 0.694. The molecule has 1 aliphatic heterocycles. The number of nitrogens with one attached hydrogen (secondary N) is 1. The number of aliphatic hydroxyl groups excluding tert-OH is 1. The van der Waals surface area contributed by atoms with Gasteiger partial charge in [0.25, 0.3) is 0 Å². The highest BCUT2D eigenvalue weighted by molar-refractivity contribution is 4.85. The van der Waals surface area contributed by atoms with Gasteiger partial charge in [-0.1, -0.05) is 13.8 Å². The maximum atomic E-state index is 9.91. The molecular formula is C10H21NO3. The van der Waals surface area contributed by atoms with Crippen LogP contribution in [0.3, 0.4) is 0 Å². The fourth-order valence-electron chi connectivity index (χ4n) is 1.43. The topological polar surface area (TPSA) is 61.7 Å². The predicted molar refractivity (Wildman–Crippen MR) is 54.1 cm³/mol. The van der Waals surface area contributed by atoms with Crippen LogP contribution in [0.1, 0.15) is 20.3 Å². The average molecular weight is 203 g/mol. The van der Waals surface area contributed by atoms with Crippen molar-refractivity contribution in [2.45, 2.75) is 25.9 Å². The van der Waals surface area contributed by atoms with Gasteiger partial charge in [0.05, 0.1) is 6.61 Å². The highest BCUT2D eigenvalue weighted by Gasteiger charge is 2.32. The zero-order valence-corrected chi connectivity index (χ0v) is 9.05. The first kappa shape index (κ1) is 11.9. The number of hydrogen-bond donors (Lipinski definition) is 3. The lowest BCUT2D eigenvalue weighted by atomic mass is 9.94. The van der Waals surface area contributed by atoms with E-state index < -0.39 is 5.60 Å². The summed E-state index contributed by atoms with van der Waals surface area (Å²) in [5, 5.41) is 22.1. The molecule has 0 aromatic heterocycles. The van der Waals surface area contributed by atoms with E-state index in [4.69, 9.17) is 9.84 Å². The molecule has 4 heteroatoms. The van der Waals surface area contributed by atoms with Crippen molar-refractivity contribution in [3.05, 3.63) is 0 Å². The Morgan fingerprint density at radius 1 is 1.50 bits per heavy atom. The molecule has 0 aromatic carbocycles. The molecule has 1 fully saturated rings. The largest absolute Gasteiger partial charge is 0.396 e. The highest BCUT2D eigenvalue weighted by Crippen LogP contribution is 2.18. The fraction of sp³-hybridized carbons (Fsp3) is 1.00. The van der Waals surface area contributed by atoms with Crippen LogP contribution in [0, 0.1) is 5.41 Å². The molecule has 1 saturated heterocycles. The molecule has 14 heavy (non-hydrogen) atoms. The van der Waals surface area contributed by atoms with E-state index in [1.165, 1.54) is 0 Å². The molecule has 1 atom stereocenters. The lowest BCUT2D eigenvalue weighted by Crippen LogP contribution is -2.44. The van der Waals surface area contributed by atoms with Crippen LogP contribution in [0.15, 0.2) is 0 Å². The second kappa shape index (κ2) is 4.57. The first-order chi connectivity index (χ1) is 6.47. The van der Waals surface area contributed by atoms with Gasteiger partial charge in [-0.05, 0) is 0 Å². The molecule has 84 valence electrons. The van der Waals surface area contributed by atoms with E-state index in [1.54, 1.807) is 0 Å². The predicted octanol–water partition coefficient (Wildman–Crippen LogP) is -0.254. The van der Waals surface area contributed by atoms with Crippen molar-refractivity contribution in [2.24, 2.45) is 5.41 Å². The Bertz CT molecular complexity index is 176. The van der Waals surface area contributed by atoms with E-state index >= 15 is 0 Å². The quantitative estimate of drug-likeness (QED) is 0.576. The minimum atomic E-state index is -0.703. The van der Waals surface area contributed by atoms with Crippen molar-refractivity contribution in [1.82, 2.24) is 5.32 Å². The lowest BCUT2D eigenvalue weighted by molar-refractivity contribution is 0.0239. The van der Waals surface area contributed by atoms with Gasteiger partial charge >= 0.3 is 0 Å². The standard InChI is InChI=1S/C10H21NO3/c1-9(2,7-12)5-11-6-10(13)3-4-14-8-10/h11-13H,3-8H2,1-2H3. The lowest BCUT2D eigenvalue weighted by Gasteiger charge is -2.26. The third-order valence-electron chi connectivity index (χ3n) is 2.57. The maximum absolute atomic E-state index is 9.91. The number of hydrogen-bond acceptors (Lipinski definition) is 4. The molecule has 0 saturated carbocycles. The van der Waals surface area contributed by atoms with E-state index in [2.05, 4.69) is 5.32 Å². The van der Waals surface area contributed by atoms with Crippen LogP contribution in [0.25, 0.3) is 0 Å². The third kappa shape index (κ3) is 3.53. The molecule has 1 heterocycles. The molecule has 1 rings (SSSR count). The Labute approximate surface area is 85.3 Å². The van der Waals surface area contributed by atoms with Crippen molar-refractivity contribution in [1.29, 1.82) is 0 Å². The molecule has 3 N–H and O–H groups in total. The molecule has 0 aromatic rings. The molecule has 0 aliphatic carbocycles. The summed E-state index contributed by atoms with van der Waals surface area (Å²) in [5.74, 6) is 0. The molecule has 0 spiro atoms. The SMILES string of the molecule is CC(C)(CO)CNCC1(O)CCOC1. The smallest absolute Gasteiger partial charge is 0.102 e. The molecule has 0 radical (unpaired) electrons. The highest BCUT2D eigenvalue weighted by atomic mass is 16.5. The van der Waals surface area contributed by atoms with E-state index in [0.717, 1.165) is 0 Å². The second-order valence-corrected chi connectivity index (χ2v) is 4.95. The Balaban J connectivity index is 2.20. The van der Waals surface area contributed by atoms with Crippen LogP contribution in [-0.2, 0) is 4.74 Å². The van der Waals surface area contributed by atoms with Gasteiger partial charge in [0.2, 0.25) is 0 Å². The normalized spacial score (nSPS) is 28.3. The van der Waals surface area contributed by atoms with E-state index in [9.17, 15) is 5.11 Å². The molecule has 0 amide bonds. The Morgan fingerprint density at radius 3 is 2.71 bits per heavy atom. The molecule has 1 aliphatic rings. The van der Waals surface area contributed by atoms with Crippen molar-refractivity contribution in [3.63, 3.8) is 0 Å². The van der Waals surface area contributed by atoms with E-state index in [0.29, 0.717) is 32.7 Å². The van der Waals surface area contributed by atoms with E-state index in [-0.39, 0.29) is 12.0 Å². The molecule has 4 nitrogen and oxygen atoms in total. The summed E-state index contributed by atoms with van der Waals surface area (Å²) < 4.78 is 5.13. The Morgan fingerprint density at radius 2 is 2.21 bits per heavy atom. The van der Waals surface area contributed by atoms with Crippen LogP contribution in [0.4, 0.5) is 0 Å². The molecule has 0 bridgehead atoms. The molecular weight excluding hydrogens is 182 g/mol. The van der Waals surface area contributed by atoms with E-state index in [1.807, 2.05) is 13.8 Å². The summed E-state index contributed by atoms with van der Waals surface area (Å²) in [6, 6.07) is 0. The van der Waals surface area contributed by atoms with Crippen molar-refractivity contribution >= 4 is 0 Å². The van der Waals surface area contributed by atoms with Crippen molar-refractivity contribution < 1.29 is 14.9 Å². The number of ether oxygens (including phenoxy) is 1. The number of aliphatic hydroxyl groups is 2. The fourth-order valence-corrected chi connectivity index (χ4v) is 1.43. The zero-order chi connectivity index (χ0) is 10.7. The summed E-state index contributed by atoms with van der Waals surface area (Å²) in [7, 11) is 0. The summed E-state index contributed by atoms with van der Waals surface area (Å²) >= 11 is 0. The van der Waals surface area contributed by atoms with Crippen molar-refractivity contribution in [3.8, 4) is 0 Å².